The minimum atomic E-state index is -1.29. The van der Waals surface area contributed by atoms with Gasteiger partial charge in [-0.3, -0.25) is 19.5 Å². The number of rotatable bonds is 9. The van der Waals surface area contributed by atoms with Crippen LogP contribution in [0.1, 0.15) is 5.69 Å². The number of aliphatic imine (C=N–C) groups is 1. The minimum absolute atomic E-state index is 0.0517. The maximum absolute atomic E-state index is 12.7. The fourth-order valence-electron chi connectivity index (χ4n) is 2.92. The third-order valence-electron chi connectivity index (χ3n) is 4.35. The van der Waals surface area contributed by atoms with E-state index in [0.717, 1.165) is 28.0 Å². The molecule has 1 saturated heterocycles. The summed E-state index contributed by atoms with van der Waals surface area (Å²) in [6.45, 7) is 0.00167. The Balaban J connectivity index is 1.72. The van der Waals surface area contributed by atoms with Gasteiger partial charge in [-0.15, -0.1) is 23.1 Å². The molecule has 8 N–H and O–H groups in total. The number of aliphatic carboxylic acids is 1. The second-order valence-corrected chi connectivity index (χ2v) is 9.40. The average Bonchev–Trinajstić information content (AvgIpc) is 3.21. The van der Waals surface area contributed by atoms with Crippen molar-refractivity contribution in [2.75, 3.05) is 24.6 Å². The predicted octanol–water partition coefficient (Wildman–Crippen LogP) is -0.804. The highest BCUT2D eigenvalue weighted by molar-refractivity contribution is 8.08. The fraction of sp³-hybridized carbons (Fsp3) is 0.294. The lowest BCUT2D eigenvalue weighted by atomic mass is 10.0. The molecule has 2 atom stereocenters. The third kappa shape index (κ3) is 5.29. The summed E-state index contributed by atoms with van der Waals surface area (Å²) in [5.41, 5.74) is 10.6. The summed E-state index contributed by atoms with van der Waals surface area (Å²) < 4.78 is 0. The molecule has 2 amide bonds. The first-order chi connectivity index (χ1) is 15.8. The van der Waals surface area contributed by atoms with Crippen LogP contribution in [0.15, 0.2) is 37.6 Å². The van der Waals surface area contributed by atoms with Gasteiger partial charge in [-0.2, -0.15) is 0 Å². The number of anilines is 1. The first kappa shape index (κ1) is 24.6. The normalized spacial score (nSPS) is 21.2. The summed E-state index contributed by atoms with van der Waals surface area (Å²) in [7, 11) is 0. The highest BCUT2D eigenvalue weighted by Crippen LogP contribution is 2.43. The Morgan fingerprint density at radius 3 is 2.82 bits per heavy atom. The van der Waals surface area contributed by atoms with Crippen LogP contribution in [0.2, 0.25) is 0 Å². The van der Waals surface area contributed by atoms with Crippen LogP contribution in [0, 0.1) is 0 Å². The highest BCUT2D eigenvalue weighted by atomic mass is 32.2. The number of carbonyl (C=O) groups excluding carboxylic acids is 2. The van der Waals surface area contributed by atoms with Crippen LogP contribution in [0.4, 0.5) is 5.13 Å². The van der Waals surface area contributed by atoms with E-state index < -0.39 is 34.9 Å². The largest absolute Gasteiger partial charge is 0.477 e. The monoisotopic (exact) mass is 513 g/mol. The summed E-state index contributed by atoms with van der Waals surface area (Å²) in [5.74, 6) is -2.30. The Hall–Kier alpha value is -3.08. The quantitative estimate of drug-likeness (QED) is 0.0789. The number of aromatic nitrogens is 1. The molecule has 1 unspecified atom stereocenters. The van der Waals surface area contributed by atoms with Crippen molar-refractivity contribution >= 4 is 69.3 Å². The molecule has 1 aromatic rings. The van der Waals surface area contributed by atoms with Crippen LogP contribution in [0.5, 0.6) is 0 Å². The number of aliphatic hydroxyl groups excluding tert-OH is 1. The van der Waals surface area contributed by atoms with Crippen molar-refractivity contribution in [1.29, 1.82) is 0 Å². The molecule has 16 heteroatoms. The number of amides is 2. The number of nitrogens with one attached hydrogen (secondary N) is 1. The zero-order valence-corrected chi connectivity index (χ0v) is 19.2. The molecule has 0 aromatic carbocycles. The lowest BCUT2D eigenvalue weighted by Gasteiger charge is -2.49. The Kier molecular flexibility index (Phi) is 7.96. The van der Waals surface area contributed by atoms with Crippen molar-refractivity contribution in [2.24, 2.45) is 15.9 Å². The molecule has 3 heterocycles. The number of amidine groups is 1. The van der Waals surface area contributed by atoms with Gasteiger partial charge in [0.1, 0.15) is 28.6 Å². The van der Waals surface area contributed by atoms with Crippen molar-refractivity contribution in [3.63, 3.8) is 0 Å². The molecule has 0 bridgehead atoms. The van der Waals surface area contributed by atoms with Crippen LogP contribution >= 0.6 is 34.9 Å². The molecule has 0 spiro atoms. The number of nitrogens with zero attached hydrogens (tertiary/aromatic N) is 4. The highest BCUT2D eigenvalue weighted by Gasteiger charge is 2.54. The van der Waals surface area contributed by atoms with E-state index in [2.05, 4.69) is 20.4 Å². The molecule has 33 heavy (non-hydrogen) atoms. The maximum Gasteiger partial charge on any atom is 0.353 e. The number of nitrogens with two attached hydrogens (primary N) is 2. The summed E-state index contributed by atoms with van der Waals surface area (Å²) in [6.07, 6.45) is 1.46. The lowest BCUT2D eigenvalue weighted by Crippen LogP contribution is -2.71. The molecule has 2 aliphatic heterocycles. The van der Waals surface area contributed by atoms with Crippen LogP contribution in [0.25, 0.3) is 0 Å². The smallest absolute Gasteiger partial charge is 0.353 e. The van der Waals surface area contributed by atoms with Crippen LogP contribution in [0.3, 0.4) is 0 Å². The number of aliphatic hydroxyl groups is 1. The van der Waals surface area contributed by atoms with Crippen molar-refractivity contribution in [3.8, 4) is 0 Å². The van der Waals surface area contributed by atoms with Gasteiger partial charge in [-0.05, 0) is 11.5 Å². The van der Waals surface area contributed by atoms with Crippen LogP contribution in [-0.4, -0.2) is 85.0 Å². The number of fused-ring (bicyclic) bond motifs is 1. The van der Waals surface area contributed by atoms with Gasteiger partial charge < -0.3 is 32.2 Å². The zero-order chi connectivity index (χ0) is 24.1. The SMILES string of the molecule is NC(/C=C/SC1=C(C(=O)O)N2C(=O)C(NC(=O)/C(=N\O)c3csc(N)n3)[C@H]2SC1)=NCCO. The van der Waals surface area contributed by atoms with Gasteiger partial charge in [-0.1, -0.05) is 16.9 Å². The number of carboxylic acids is 1. The van der Waals surface area contributed by atoms with E-state index in [1.165, 1.54) is 23.2 Å². The van der Waals surface area contributed by atoms with Gasteiger partial charge in [0.15, 0.2) is 10.8 Å². The molecule has 2 aliphatic rings. The molecule has 3 rings (SSSR count). The van der Waals surface area contributed by atoms with Crippen molar-refractivity contribution in [3.05, 3.63) is 33.2 Å². The number of carboxylic acid groups (broad SMARTS) is 1. The van der Waals surface area contributed by atoms with E-state index in [9.17, 15) is 24.7 Å². The molecular weight excluding hydrogens is 494 g/mol. The van der Waals surface area contributed by atoms with Gasteiger partial charge in [0.25, 0.3) is 11.8 Å². The number of hydrogen-bond donors (Lipinski definition) is 6. The van der Waals surface area contributed by atoms with Crippen molar-refractivity contribution < 1.29 is 29.8 Å². The number of oxime groups is 1. The Morgan fingerprint density at radius 2 is 2.21 bits per heavy atom. The molecule has 0 saturated carbocycles. The van der Waals surface area contributed by atoms with Crippen LogP contribution < -0.4 is 16.8 Å². The molecule has 13 nitrogen and oxygen atoms in total. The predicted molar refractivity (Wildman–Crippen MR) is 125 cm³/mol. The number of thiazole rings is 1. The van der Waals surface area contributed by atoms with Gasteiger partial charge in [0, 0.05) is 16.0 Å². The molecular formula is C17H19N7O6S3. The summed E-state index contributed by atoms with van der Waals surface area (Å²) in [4.78, 5) is 46.4. The molecule has 176 valence electrons. The van der Waals surface area contributed by atoms with Crippen molar-refractivity contribution in [2.45, 2.75) is 11.4 Å². The van der Waals surface area contributed by atoms with E-state index in [-0.39, 0.29) is 41.3 Å². The second kappa shape index (κ2) is 10.7. The summed E-state index contributed by atoms with van der Waals surface area (Å²) >= 11 is 3.40. The van der Waals surface area contributed by atoms with E-state index in [1.54, 1.807) is 5.41 Å². The van der Waals surface area contributed by atoms with Gasteiger partial charge in [0.05, 0.1) is 13.2 Å². The Labute approximate surface area is 199 Å². The van der Waals surface area contributed by atoms with Crippen LogP contribution in [-0.2, 0) is 14.4 Å². The number of thioether (sulfide) groups is 2. The molecule has 0 radical (unpaired) electrons. The van der Waals surface area contributed by atoms with Crippen molar-refractivity contribution in [1.82, 2.24) is 15.2 Å². The van der Waals surface area contributed by atoms with Gasteiger partial charge in [-0.25, -0.2) is 9.78 Å². The van der Waals surface area contributed by atoms with E-state index in [0.29, 0.717) is 4.91 Å². The van der Waals surface area contributed by atoms with E-state index in [4.69, 9.17) is 16.6 Å². The maximum atomic E-state index is 12.7. The van der Waals surface area contributed by atoms with Gasteiger partial charge >= 0.3 is 5.97 Å². The fourth-order valence-corrected chi connectivity index (χ4v) is 5.81. The second-order valence-electron chi connectivity index (χ2n) is 6.41. The number of carbonyl (C=O) groups is 3. The summed E-state index contributed by atoms with van der Waals surface area (Å²) in [6, 6.07) is -1.01. The first-order valence-electron chi connectivity index (χ1n) is 9.17. The minimum Gasteiger partial charge on any atom is -0.477 e. The topological polar surface area (TPSA) is 217 Å². The number of hydrogen-bond acceptors (Lipinski definition) is 12. The Bertz CT molecular complexity index is 1080. The zero-order valence-electron chi connectivity index (χ0n) is 16.7. The summed E-state index contributed by atoms with van der Waals surface area (Å²) in [5, 5.41) is 35.6. The van der Waals surface area contributed by atoms with E-state index in [1.807, 2.05) is 0 Å². The van der Waals surface area contributed by atoms with Gasteiger partial charge in [0.2, 0.25) is 0 Å². The molecule has 1 fully saturated rings. The first-order valence-corrected chi connectivity index (χ1v) is 12.0. The number of nitrogen functional groups attached to an aromatic ring is 1. The third-order valence-corrected chi connectivity index (χ3v) is 7.38. The Morgan fingerprint density at radius 1 is 1.45 bits per heavy atom. The standard InChI is InChI=1S/C17H19N7O6S3/c18-9(20-2-3-25)1-4-31-8-6-32-15-11(14(27)24(15)12(8)16(28)29)22-13(26)10(23-30)7-5-33-17(19)21-7/h1,4-5,11,15,25,30H,2-3,6H2,(H2,18,20)(H2,19,21)(H,22,26)(H,28,29)/b4-1+,23-10-/t11?,15-/m1/s1. The van der Waals surface area contributed by atoms with E-state index >= 15 is 0 Å². The molecule has 1 aromatic heterocycles. The lowest BCUT2D eigenvalue weighted by molar-refractivity contribution is -0.150. The molecule has 0 aliphatic carbocycles. The average molecular weight is 514 g/mol. The number of β-lactam (4-membered cyclic amide) rings is 1.